The van der Waals surface area contributed by atoms with E-state index in [-0.39, 0.29) is 5.75 Å². The summed E-state index contributed by atoms with van der Waals surface area (Å²) < 4.78 is 27.6. The quantitative estimate of drug-likeness (QED) is 0.497. The number of anilines is 4. The maximum Gasteiger partial charge on any atom is 0.236 e. The molecule has 3 aromatic rings. The highest BCUT2D eigenvalue weighted by Gasteiger charge is 2.15. The van der Waals surface area contributed by atoms with Gasteiger partial charge in [0.15, 0.2) is 0 Å². The van der Waals surface area contributed by atoms with Crippen LogP contribution in [-0.2, 0) is 15.8 Å². The van der Waals surface area contributed by atoms with Crippen molar-refractivity contribution in [3.63, 3.8) is 0 Å². The zero-order chi connectivity index (χ0) is 22.6. The molecule has 0 amide bonds. The van der Waals surface area contributed by atoms with Crippen LogP contribution in [0.4, 0.5) is 23.1 Å². The molecular weight excluding hydrogens is 446 g/mol. The van der Waals surface area contributed by atoms with E-state index in [4.69, 9.17) is 11.6 Å². The van der Waals surface area contributed by atoms with Crippen molar-refractivity contribution in [3.05, 3.63) is 70.9 Å². The fourth-order valence-corrected chi connectivity index (χ4v) is 5.08. The lowest BCUT2D eigenvalue weighted by molar-refractivity contribution is 0.568. The molecule has 2 aromatic carbocycles. The monoisotopic (exact) mass is 471 g/mol. The molecule has 0 bridgehead atoms. The number of hydrogen-bond acceptors (Lipinski definition) is 6. The Morgan fingerprint density at radius 2 is 1.69 bits per heavy atom. The predicted molar refractivity (Wildman–Crippen MR) is 130 cm³/mol. The number of halogens is 1. The normalized spacial score (nSPS) is 14.2. The summed E-state index contributed by atoms with van der Waals surface area (Å²) in [5, 5.41) is 3.80. The lowest BCUT2D eigenvalue weighted by Gasteiger charge is -2.27. The zero-order valence-corrected chi connectivity index (χ0v) is 19.5. The summed E-state index contributed by atoms with van der Waals surface area (Å²) in [6.07, 6.45) is 3.58. The minimum absolute atomic E-state index is 0.146. The minimum Gasteiger partial charge on any atom is -0.341 e. The summed E-state index contributed by atoms with van der Waals surface area (Å²) in [5.74, 6) is 1.32. The predicted octanol–water partition coefficient (Wildman–Crippen LogP) is 5.11. The summed E-state index contributed by atoms with van der Waals surface area (Å²) >= 11 is 5.95. The van der Waals surface area contributed by atoms with Gasteiger partial charge in [-0.1, -0.05) is 23.7 Å². The van der Waals surface area contributed by atoms with Crippen LogP contribution in [-0.4, -0.2) is 31.5 Å². The van der Waals surface area contributed by atoms with Crippen LogP contribution in [0, 0.1) is 6.92 Å². The van der Waals surface area contributed by atoms with Crippen molar-refractivity contribution in [3.8, 4) is 0 Å². The summed E-state index contributed by atoms with van der Waals surface area (Å²) in [5.41, 5.74) is 2.83. The van der Waals surface area contributed by atoms with Crippen LogP contribution in [0.25, 0.3) is 0 Å². The first-order chi connectivity index (χ1) is 15.4. The molecule has 2 heterocycles. The zero-order valence-electron chi connectivity index (χ0n) is 17.9. The Kier molecular flexibility index (Phi) is 6.81. The molecule has 0 aliphatic carbocycles. The Morgan fingerprint density at radius 1 is 0.969 bits per heavy atom. The molecule has 2 N–H and O–H groups in total. The standard InChI is InChI=1S/C23H26ClN5O2S/c1-17-14-22(27-23(25-17)29-12-3-2-4-13-29)26-20-8-10-21(11-9-20)28-32(30,31)16-18-6-5-7-19(24)15-18/h5-11,14-15,28H,2-4,12-13,16H2,1H3,(H,25,26,27). The van der Waals surface area contributed by atoms with Crippen LogP contribution in [0.2, 0.25) is 5.02 Å². The minimum atomic E-state index is -3.56. The Hall–Kier alpha value is -2.84. The van der Waals surface area contributed by atoms with E-state index < -0.39 is 10.0 Å². The van der Waals surface area contributed by atoms with Crippen molar-refractivity contribution >= 4 is 44.8 Å². The van der Waals surface area contributed by atoms with Gasteiger partial charge >= 0.3 is 0 Å². The van der Waals surface area contributed by atoms with Gasteiger partial charge in [-0.05, 0) is 68.1 Å². The molecular formula is C23H26ClN5O2S. The maximum atomic E-state index is 12.5. The largest absolute Gasteiger partial charge is 0.341 e. The van der Waals surface area contributed by atoms with Gasteiger partial charge in [0.2, 0.25) is 16.0 Å². The van der Waals surface area contributed by atoms with Crippen molar-refractivity contribution < 1.29 is 8.42 Å². The molecule has 168 valence electrons. The first-order valence-electron chi connectivity index (χ1n) is 10.6. The van der Waals surface area contributed by atoms with Crippen LogP contribution in [0.15, 0.2) is 54.6 Å². The van der Waals surface area contributed by atoms with Crippen molar-refractivity contribution in [2.45, 2.75) is 31.9 Å². The van der Waals surface area contributed by atoms with E-state index in [9.17, 15) is 8.42 Å². The number of hydrogen-bond donors (Lipinski definition) is 2. The van der Waals surface area contributed by atoms with E-state index in [2.05, 4.69) is 24.9 Å². The summed E-state index contributed by atoms with van der Waals surface area (Å²) in [4.78, 5) is 11.5. The topological polar surface area (TPSA) is 87.2 Å². The van der Waals surface area contributed by atoms with E-state index in [0.717, 1.165) is 43.3 Å². The summed E-state index contributed by atoms with van der Waals surface area (Å²) in [7, 11) is -3.56. The first-order valence-corrected chi connectivity index (χ1v) is 12.6. The summed E-state index contributed by atoms with van der Waals surface area (Å²) in [6, 6.07) is 15.8. The van der Waals surface area contributed by atoms with E-state index >= 15 is 0 Å². The average molecular weight is 472 g/mol. The Bertz CT molecular complexity index is 1180. The smallest absolute Gasteiger partial charge is 0.236 e. The molecule has 32 heavy (non-hydrogen) atoms. The highest BCUT2D eigenvalue weighted by atomic mass is 35.5. The molecule has 4 rings (SSSR count). The third-order valence-electron chi connectivity index (χ3n) is 5.16. The Morgan fingerprint density at radius 3 is 2.41 bits per heavy atom. The van der Waals surface area contributed by atoms with Crippen LogP contribution in [0.1, 0.15) is 30.5 Å². The number of piperidine rings is 1. The van der Waals surface area contributed by atoms with Crippen molar-refractivity contribution in [2.24, 2.45) is 0 Å². The van der Waals surface area contributed by atoms with Gasteiger partial charge in [-0.3, -0.25) is 4.72 Å². The fraction of sp³-hybridized carbons (Fsp3) is 0.304. The number of sulfonamides is 1. The van der Waals surface area contributed by atoms with E-state index in [1.54, 1.807) is 36.4 Å². The van der Waals surface area contributed by atoms with Gasteiger partial charge in [0.25, 0.3) is 0 Å². The van der Waals surface area contributed by atoms with Crippen molar-refractivity contribution in [2.75, 3.05) is 28.0 Å². The third-order valence-corrected chi connectivity index (χ3v) is 6.65. The molecule has 1 saturated heterocycles. The lowest BCUT2D eigenvalue weighted by Crippen LogP contribution is -2.31. The molecule has 1 aromatic heterocycles. The van der Waals surface area contributed by atoms with E-state index in [0.29, 0.717) is 22.1 Å². The van der Waals surface area contributed by atoms with Crippen LogP contribution in [0.5, 0.6) is 0 Å². The van der Waals surface area contributed by atoms with Gasteiger partial charge in [-0.15, -0.1) is 0 Å². The number of aryl methyl sites for hydroxylation is 1. The molecule has 7 nitrogen and oxygen atoms in total. The van der Waals surface area contributed by atoms with Crippen LogP contribution in [0.3, 0.4) is 0 Å². The second kappa shape index (κ2) is 9.75. The Labute approximate surface area is 193 Å². The Balaban J connectivity index is 1.42. The number of aromatic nitrogens is 2. The van der Waals surface area contributed by atoms with E-state index in [1.165, 1.54) is 6.42 Å². The van der Waals surface area contributed by atoms with Crippen molar-refractivity contribution in [1.29, 1.82) is 0 Å². The number of nitrogens with one attached hydrogen (secondary N) is 2. The molecule has 0 saturated carbocycles. The van der Waals surface area contributed by atoms with Crippen molar-refractivity contribution in [1.82, 2.24) is 9.97 Å². The molecule has 1 aliphatic heterocycles. The SMILES string of the molecule is Cc1cc(Nc2ccc(NS(=O)(=O)Cc3cccc(Cl)c3)cc2)nc(N2CCCCC2)n1. The molecule has 9 heteroatoms. The molecule has 1 fully saturated rings. The molecule has 0 radical (unpaired) electrons. The second-order valence-electron chi connectivity index (χ2n) is 7.94. The van der Waals surface area contributed by atoms with Gasteiger partial charge in [0.05, 0.1) is 5.75 Å². The molecule has 0 spiro atoms. The second-order valence-corrected chi connectivity index (χ2v) is 10.1. The van der Waals surface area contributed by atoms with Crippen LogP contribution < -0.4 is 14.9 Å². The van der Waals surface area contributed by atoms with Gasteiger partial charge < -0.3 is 10.2 Å². The van der Waals surface area contributed by atoms with Gasteiger partial charge in [-0.2, -0.15) is 4.98 Å². The number of benzene rings is 2. The highest BCUT2D eigenvalue weighted by Crippen LogP contribution is 2.23. The summed E-state index contributed by atoms with van der Waals surface area (Å²) in [6.45, 7) is 3.91. The highest BCUT2D eigenvalue weighted by molar-refractivity contribution is 7.91. The average Bonchev–Trinajstić information content (AvgIpc) is 2.75. The molecule has 0 unspecified atom stereocenters. The molecule has 0 atom stereocenters. The number of nitrogens with zero attached hydrogens (tertiary/aromatic N) is 3. The third kappa shape index (κ3) is 6.11. The first kappa shape index (κ1) is 22.4. The lowest BCUT2D eigenvalue weighted by atomic mass is 10.1. The van der Waals surface area contributed by atoms with Gasteiger partial charge in [0.1, 0.15) is 5.82 Å². The van der Waals surface area contributed by atoms with E-state index in [1.807, 2.05) is 25.1 Å². The van der Waals surface area contributed by atoms with Gasteiger partial charge in [0, 0.05) is 41.2 Å². The van der Waals surface area contributed by atoms with Crippen LogP contribution >= 0.6 is 11.6 Å². The fourth-order valence-electron chi connectivity index (χ4n) is 3.68. The molecule has 1 aliphatic rings. The maximum absolute atomic E-state index is 12.5. The van der Waals surface area contributed by atoms with Gasteiger partial charge in [-0.25, -0.2) is 13.4 Å². The number of rotatable bonds is 7.